The Morgan fingerprint density at radius 2 is 1.82 bits per heavy atom. The lowest BCUT2D eigenvalue weighted by molar-refractivity contribution is -0.140. The maximum Gasteiger partial charge on any atom is 0.325 e. The van der Waals surface area contributed by atoms with E-state index in [4.69, 9.17) is 10.1 Å². The zero-order valence-electron chi connectivity index (χ0n) is 21.8. The fourth-order valence-corrected chi connectivity index (χ4v) is 5.02. The minimum atomic E-state index is -1.20. The Morgan fingerprint density at radius 1 is 1.10 bits per heavy atom. The molecule has 0 unspecified atom stereocenters. The molecule has 0 aliphatic heterocycles. The van der Waals surface area contributed by atoms with Crippen molar-refractivity contribution in [2.75, 3.05) is 0 Å². The summed E-state index contributed by atoms with van der Waals surface area (Å²) in [6, 6.07) is 6.15. The highest BCUT2D eigenvalue weighted by Gasteiger charge is 2.27. The van der Waals surface area contributed by atoms with Gasteiger partial charge >= 0.3 is 11.9 Å². The van der Waals surface area contributed by atoms with Crippen LogP contribution in [0.1, 0.15) is 61.5 Å². The fraction of sp³-hybridized carbons (Fsp3) is 0.379. The number of rotatable bonds is 10. The van der Waals surface area contributed by atoms with Crippen LogP contribution >= 0.6 is 0 Å². The predicted molar refractivity (Wildman–Crippen MR) is 143 cm³/mol. The molecule has 0 radical (unpaired) electrons. The monoisotopic (exact) mass is 537 g/mol. The lowest BCUT2D eigenvalue weighted by Crippen LogP contribution is -2.19. The average molecular weight is 538 g/mol. The summed E-state index contributed by atoms with van der Waals surface area (Å²) in [7, 11) is 0. The van der Waals surface area contributed by atoms with Crippen molar-refractivity contribution in [3.8, 4) is 22.4 Å². The molecule has 9 nitrogen and oxygen atoms in total. The van der Waals surface area contributed by atoms with E-state index in [0.29, 0.717) is 18.5 Å². The van der Waals surface area contributed by atoms with E-state index in [1.54, 1.807) is 24.4 Å². The molecule has 10 heteroatoms. The summed E-state index contributed by atoms with van der Waals surface area (Å²) >= 11 is 0. The van der Waals surface area contributed by atoms with Gasteiger partial charge in [-0.3, -0.25) is 19.3 Å². The molecule has 206 valence electrons. The largest absolute Gasteiger partial charge is 0.481 e. The molecule has 4 rings (SSSR count). The summed E-state index contributed by atoms with van der Waals surface area (Å²) in [4.78, 5) is 27.3. The predicted octanol–water partition coefficient (Wildman–Crippen LogP) is 4.05. The van der Waals surface area contributed by atoms with Gasteiger partial charge in [-0.2, -0.15) is 5.10 Å². The molecule has 1 aliphatic carbocycles. The third-order valence-corrected chi connectivity index (χ3v) is 6.68. The Bertz CT molecular complexity index is 1400. The average Bonchev–Trinajstić information content (AvgIpc) is 3.15. The molecule has 0 saturated carbocycles. The molecule has 39 heavy (non-hydrogen) atoms. The molecule has 2 aromatic heterocycles. The smallest absolute Gasteiger partial charge is 0.325 e. The van der Waals surface area contributed by atoms with Crippen LogP contribution in [0.15, 0.2) is 36.5 Å². The van der Waals surface area contributed by atoms with Crippen LogP contribution in [0.5, 0.6) is 0 Å². The molecule has 0 spiro atoms. The van der Waals surface area contributed by atoms with Crippen LogP contribution in [0.2, 0.25) is 0 Å². The van der Waals surface area contributed by atoms with Gasteiger partial charge < -0.3 is 20.4 Å². The molecule has 0 amide bonds. The van der Waals surface area contributed by atoms with E-state index >= 15 is 0 Å². The minimum Gasteiger partial charge on any atom is -0.481 e. The van der Waals surface area contributed by atoms with Gasteiger partial charge in [-0.25, -0.2) is 4.39 Å². The van der Waals surface area contributed by atoms with E-state index in [2.05, 4.69) is 5.10 Å². The van der Waals surface area contributed by atoms with Crippen LogP contribution < -0.4 is 0 Å². The van der Waals surface area contributed by atoms with Crippen LogP contribution in [0.3, 0.4) is 0 Å². The molecule has 1 aliphatic rings. The lowest BCUT2D eigenvalue weighted by atomic mass is 9.87. The molecule has 0 fully saturated rings. The third-order valence-electron chi connectivity index (χ3n) is 6.68. The number of halogens is 1. The Balaban J connectivity index is 1.90. The second-order valence-corrected chi connectivity index (χ2v) is 10.1. The van der Waals surface area contributed by atoms with E-state index in [1.165, 1.54) is 22.9 Å². The summed E-state index contributed by atoms with van der Waals surface area (Å²) in [5.74, 6) is -2.58. The summed E-state index contributed by atoms with van der Waals surface area (Å²) < 4.78 is 15.3. The lowest BCUT2D eigenvalue weighted by Gasteiger charge is -2.21. The first-order valence-electron chi connectivity index (χ1n) is 12.9. The van der Waals surface area contributed by atoms with Crippen molar-refractivity contribution in [3.05, 3.63) is 64.9 Å². The van der Waals surface area contributed by atoms with E-state index in [-0.39, 0.29) is 24.7 Å². The van der Waals surface area contributed by atoms with Crippen molar-refractivity contribution >= 4 is 18.0 Å². The second-order valence-electron chi connectivity index (χ2n) is 10.1. The second kappa shape index (κ2) is 11.9. The summed E-state index contributed by atoms with van der Waals surface area (Å²) in [6.45, 7) is 3.70. The van der Waals surface area contributed by atoms with Gasteiger partial charge in [0.05, 0.1) is 35.7 Å². The quantitative estimate of drug-likeness (QED) is 0.303. The van der Waals surface area contributed by atoms with Crippen molar-refractivity contribution in [1.82, 2.24) is 14.8 Å². The summed E-state index contributed by atoms with van der Waals surface area (Å²) in [5, 5.41) is 43.2. The maximum absolute atomic E-state index is 13.9. The SMILES string of the molecule is CC(C)c1nc2c(c(-c3ccc(F)cc3)c1/C=C/[C@@H](O)C[C@@H](O)CC(=O)O)CCCc1nn(CC(=O)O)cc1-2. The molecule has 4 N–H and O–H groups in total. The first-order valence-corrected chi connectivity index (χ1v) is 12.9. The van der Waals surface area contributed by atoms with Crippen molar-refractivity contribution < 1.29 is 34.4 Å². The normalized spacial score (nSPS) is 14.6. The molecular formula is C29H32FN3O6. The Kier molecular flexibility index (Phi) is 8.57. The number of aliphatic carboxylic acids is 2. The van der Waals surface area contributed by atoms with E-state index in [0.717, 1.165) is 45.6 Å². The number of aliphatic hydroxyl groups is 2. The summed E-state index contributed by atoms with van der Waals surface area (Å²) in [5.41, 5.74) is 6.21. The van der Waals surface area contributed by atoms with E-state index in [9.17, 15) is 29.3 Å². The first kappa shape index (κ1) is 28.1. The number of aryl methyl sites for hydroxylation is 1. The van der Waals surface area contributed by atoms with Crippen molar-refractivity contribution in [2.45, 2.75) is 70.6 Å². The van der Waals surface area contributed by atoms with Crippen LogP contribution in [-0.4, -0.2) is 59.3 Å². The van der Waals surface area contributed by atoms with Crippen molar-refractivity contribution in [2.24, 2.45) is 0 Å². The van der Waals surface area contributed by atoms with Gasteiger partial charge in [0, 0.05) is 23.7 Å². The van der Waals surface area contributed by atoms with Crippen LogP contribution in [0.25, 0.3) is 28.5 Å². The van der Waals surface area contributed by atoms with E-state index in [1.807, 2.05) is 13.8 Å². The Labute approximate surface area is 225 Å². The van der Waals surface area contributed by atoms with Gasteiger partial charge in [0.1, 0.15) is 12.4 Å². The van der Waals surface area contributed by atoms with Crippen LogP contribution in [0.4, 0.5) is 4.39 Å². The zero-order valence-corrected chi connectivity index (χ0v) is 21.8. The fourth-order valence-electron chi connectivity index (χ4n) is 5.02. The van der Waals surface area contributed by atoms with Crippen LogP contribution in [-0.2, 0) is 29.0 Å². The number of hydrogen-bond acceptors (Lipinski definition) is 6. The van der Waals surface area contributed by atoms with Gasteiger partial charge in [0.25, 0.3) is 0 Å². The highest BCUT2D eigenvalue weighted by atomic mass is 19.1. The van der Waals surface area contributed by atoms with E-state index < -0.39 is 30.6 Å². The number of carboxylic acid groups (broad SMARTS) is 2. The van der Waals surface area contributed by atoms with Gasteiger partial charge in [0.15, 0.2) is 0 Å². The Morgan fingerprint density at radius 3 is 2.46 bits per heavy atom. The number of aromatic nitrogens is 3. The number of carbonyl (C=O) groups is 2. The van der Waals surface area contributed by atoms with Gasteiger partial charge in [-0.15, -0.1) is 0 Å². The molecule has 2 atom stereocenters. The number of nitrogens with zero attached hydrogens (tertiary/aromatic N) is 3. The minimum absolute atomic E-state index is 0.0512. The third kappa shape index (κ3) is 6.58. The van der Waals surface area contributed by atoms with Gasteiger partial charge in [-0.05, 0) is 54.0 Å². The topological polar surface area (TPSA) is 146 Å². The standard InChI is InChI=1S/C29H32FN3O6/c1-16(2)28-22(11-10-19(34)12-20(35)13-25(36)37)27(17-6-8-18(30)9-7-17)21-4-3-5-24-23(29(21)31-28)14-33(32-24)15-26(38)39/h6-11,14,16,19-20,34-35H,3-5,12-13,15H2,1-2H3,(H,36,37)(H,38,39)/b11-10+/t19-,20-/m1/s1. The molecule has 0 saturated heterocycles. The molecule has 0 bridgehead atoms. The maximum atomic E-state index is 13.9. The van der Waals surface area contributed by atoms with Gasteiger partial charge in [-0.1, -0.05) is 38.1 Å². The first-order chi connectivity index (χ1) is 18.5. The molecule has 1 aromatic carbocycles. The zero-order chi connectivity index (χ0) is 28.3. The number of aliphatic hydroxyl groups excluding tert-OH is 2. The van der Waals surface area contributed by atoms with Crippen molar-refractivity contribution in [1.29, 1.82) is 0 Å². The highest BCUT2D eigenvalue weighted by molar-refractivity contribution is 5.85. The van der Waals surface area contributed by atoms with Crippen LogP contribution in [0, 0.1) is 5.82 Å². The number of fused-ring (bicyclic) bond motifs is 3. The summed E-state index contributed by atoms with van der Waals surface area (Å²) in [6.07, 6.45) is 4.09. The number of benzene rings is 1. The van der Waals surface area contributed by atoms with Crippen molar-refractivity contribution in [3.63, 3.8) is 0 Å². The number of pyridine rings is 1. The number of carboxylic acids is 2. The highest BCUT2D eigenvalue weighted by Crippen LogP contribution is 2.41. The number of hydrogen-bond donors (Lipinski definition) is 4. The van der Waals surface area contributed by atoms with Gasteiger partial charge in [0.2, 0.25) is 0 Å². The molecule has 2 heterocycles. The molecule has 3 aromatic rings. The Hall–Kier alpha value is -3.89. The molecular weight excluding hydrogens is 505 g/mol.